The normalized spacial score (nSPS) is 21.0. The lowest BCUT2D eigenvalue weighted by Gasteiger charge is -2.14. The minimum atomic E-state index is -2.99. The molecule has 0 aliphatic carbocycles. The van der Waals surface area contributed by atoms with Crippen molar-refractivity contribution < 1.29 is 13.2 Å². The van der Waals surface area contributed by atoms with Crippen LogP contribution in [0.25, 0.3) is 0 Å². The lowest BCUT2D eigenvalue weighted by Crippen LogP contribution is -2.39. The van der Waals surface area contributed by atoms with Crippen LogP contribution in [0.15, 0.2) is 20.8 Å². The van der Waals surface area contributed by atoms with Crippen molar-refractivity contribution in [1.29, 1.82) is 0 Å². The van der Waals surface area contributed by atoms with Gasteiger partial charge in [0.15, 0.2) is 18.5 Å². The lowest BCUT2D eigenvalue weighted by molar-refractivity contribution is -0.120. The second-order valence-electron chi connectivity index (χ2n) is 5.45. The second-order valence-corrected chi connectivity index (χ2v) is 11.5. The van der Waals surface area contributed by atoms with Gasteiger partial charge in [0.1, 0.15) is 0 Å². The third-order valence-corrected chi connectivity index (χ3v) is 8.29. The molecule has 1 fully saturated rings. The van der Waals surface area contributed by atoms with E-state index < -0.39 is 9.84 Å². The summed E-state index contributed by atoms with van der Waals surface area (Å²) in [6.07, 6.45) is 0.492. The average Bonchev–Trinajstić information content (AvgIpc) is 3.03. The summed E-state index contributed by atoms with van der Waals surface area (Å²) in [5.74, 6) is 0.824. The topological polar surface area (TPSA) is 89.0 Å². The molecule has 2 atom stereocenters. The van der Waals surface area contributed by atoms with Crippen LogP contribution in [-0.4, -0.2) is 53.1 Å². The molecule has 1 aliphatic rings. The number of amides is 1. The van der Waals surface area contributed by atoms with Gasteiger partial charge in [0.05, 0.1) is 16.8 Å². The predicted octanol–water partition coefficient (Wildman–Crippen LogP) is 1.99. The number of nitrogens with zero attached hydrogens (tertiary/aromatic N) is 2. The van der Waals surface area contributed by atoms with Gasteiger partial charge in [-0.05, 0) is 20.3 Å². The Morgan fingerprint density at radius 1 is 1.48 bits per heavy atom. The van der Waals surface area contributed by atoms with Crippen LogP contribution in [0.2, 0.25) is 0 Å². The van der Waals surface area contributed by atoms with Crippen LogP contribution in [0.3, 0.4) is 0 Å². The molecular formula is C13H19N3O3S4. The molecule has 1 aromatic rings. The summed E-state index contributed by atoms with van der Waals surface area (Å²) in [5.41, 5.74) is 1.07. The smallest absolute Gasteiger partial charge is 0.233 e. The standard InChI is InChI=1S/C13H19N3O3S4/c1-8(2)6-20-12-15-16-13(22-12)21-9(3)11(17)14-10-4-5-23(18,19)7-10/h9-10H,1,4-7H2,2-3H3,(H,14,17)/t9-,10+/m1/s1. The first kappa shape index (κ1) is 18.8. The number of aromatic nitrogens is 2. The molecule has 23 heavy (non-hydrogen) atoms. The third kappa shape index (κ3) is 6.09. The fourth-order valence-corrected chi connectivity index (χ4v) is 6.61. The number of carbonyl (C=O) groups excluding carboxylic acids is 1. The number of hydrogen-bond acceptors (Lipinski definition) is 8. The minimum absolute atomic E-state index is 0.0383. The summed E-state index contributed by atoms with van der Waals surface area (Å²) >= 11 is 4.36. The van der Waals surface area contributed by atoms with Crippen molar-refractivity contribution in [2.75, 3.05) is 17.3 Å². The molecule has 128 valence electrons. The zero-order valence-corrected chi connectivity index (χ0v) is 16.2. The highest BCUT2D eigenvalue weighted by Crippen LogP contribution is 2.31. The Hall–Kier alpha value is -0.580. The van der Waals surface area contributed by atoms with Crippen molar-refractivity contribution in [3.05, 3.63) is 12.2 Å². The molecule has 0 aromatic carbocycles. The fraction of sp³-hybridized carbons (Fsp3) is 0.615. The summed E-state index contributed by atoms with van der Waals surface area (Å²) in [4.78, 5) is 12.1. The van der Waals surface area contributed by atoms with Crippen molar-refractivity contribution in [2.24, 2.45) is 0 Å². The van der Waals surface area contributed by atoms with Gasteiger partial charge >= 0.3 is 0 Å². The van der Waals surface area contributed by atoms with Gasteiger partial charge in [-0.3, -0.25) is 4.79 Å². The highest BCUT2D eigenvalue weighted by Gasteiger charge is 2.30. The number of sulfone groups is 1. The molecule has 2 rings (SSSR count). The SMILES string of the molecule is C=C(C)CSc1nnc(S[C@H](C)C(=O)N[C@H]2CCS(=O)(=O)C2)s1. The van der Waals surface area contributed by atoms with E-state index in [0.717, 1.165) is 20.0 Å². The number of carbonyl (C=O) groups is 1. The summed E-state index contributed by atoms with van der Waals surface area (Å²) in [6, 6.07) is -0.272. The number of hydrogen-bond donors (Lipinski definition) is 1. The summed E-state index contributed by atoms with van der Waals surface area (Å²) < 4.78 is 24.4. The van der Waals surface area contributed by atoms with E-state index in [1.165, 1.54) is 23.1 Å². The number of rotatable bonds is 7. The molecule has 6 nitrogen and oxygen atoms in total. The highest BCUT2D eigenvalue weighted by molar-refractivity contribution is 8.04. The van der Waals surface area contributed by atoms with Gasteiger partial charge in [0, 0.05) is 11.8 Å². The molecule has 10 heteroatoms. The van der Waals surface area contributed by atoms with Crippen LogP contribution in [0, 0.1) is 0 Å². The van der Waals surface area contributed by atoms with Crippen molar-refractivity contribution in [2.45, 2.75) is 40.2 Å². The summed E-state index contributed by atoms with van der Waals surface area (Å²) in [6.45, 7) is 7.58. The van der Waals surface area contributed by atoms with Crippen LogP contribution < -0.4 is 5.32 Å². The molecule has 0 unspecified atom stereocenters. The molecule has 1 N–H and O–H groups in total. The molecule has 2 heterocycles. The average molecular weight is 394 g/mol. The highest BCUT2D eigenvalue weighted by atomic mass is 32.2. The van der Waals surface area contributed by atoms with Gasteiger partial charge in [-0.25, -0.2) is 8.42 Å². The largest absolute Gasteiger partial charge is 0.351 e. The molecular weight excluding hydrogens is 374 g/mol. The second kappa shape index (κ2) is 8.00. The van der Waals surface area contributed by atoms with Gasteiger partial charge in [-0.2, -0.15) is 0 Å². The Morgan fingerprint density at radius 2 is 2.17 bits per heavy atom. The van der Waals surface area contributed by atoms with E-state index in [-0.39, 0.29) is 28.7 Å². The first-order valence-corrected chi connectivity index (χ1v) is 11.5. The Morgan fingerprint density at radius 3 is 2.78 bits per heavy atom. The van der Waals surface area contributed by atoms with Gasteiger partial charge < -0.3 is 5.32 Å². The minimum Gasteiger partial charge on any atom is -0.351 e. The van der Waals surface area contributed by atoms with Crippen LogP contribution in [0.1, 0.15) is 20.3 Å². The quantitative estimate of drug-likeness (QED) is 0.560. The third-order valence-electron chi connectivity index (χ3n) is 3.06. The molecule has 1 aliphatic heterocycles. The van der Waals surface area contributed by atoms with Gasteiger partial charge in [0.25, 0.3) is 0 Å². The molecule has 1 amide bonds. The van der Waals surface area contributed by atoms with Crippen LogP contribution in [-0.2, 0) is 14.6 Å². The van der Waals surface area contributed by atoms with Crippen molar-refractivity contribution >= 4 is 50.6 Å². The molecule has 1 aromatic heterocycles. The number of nitrogens with one attached hydrogen (secondary N) is 1. The van der Waals surface area contributed by atoms with Gasteiger partial charge in [0.2, 0.25) is 5.91 Å². The van der Waals surface area contributed by atoms with E-state index in [4.69, 9.17) is 0 Å². The summed E-state index contributed by atoms with van der Waals surface area (Å²) in [5, 5.41) is 10.6. The Kier molecular flexibility index (Phi) is 6.52. The van der Waals surface area contributed by atoms with E-state index in [1.54, 1.807) is 18.7 Å². The molecule has 0 saturated carbocycles. The van der Waals surface area contributed by atoms with E-state index in [0.29, 0.717) is 6.42 Å². The van der Waals surface area contributed by atoms with Crippen LogP contribution >= 0.6 is 34.9 Å². The van der Waals surface area contributed by atoms with E-state index >= 15 is 0 Å². The fourth-order valence-electron chi connectivity index (χ4n) is 1.92. The lowest BCUT2D eigenvalue weighted by atomic mass is 10.2. The zero-order chi connectivity index (χ0) is 17.0. The van der Waals surface area contributed by atoms with Crippen molar-refractivity contribution in [3.63, 3.8) is 0 Å². The van der Waals surface area contributed by atoms with Crippen LogP contribution in [0.5, 0.6) is 0 Å². The Bertz CT molecular complexity index is 686. The number of thioether (sulfide) groups is 2. The van der Waals surface area contributed by atoms with Crippen molar-refractivity contribution in [3.8, 4) is 0 Å². The molecule has 0 bridgehead atoms. The molecule has 0 radical (unpaired) electrons. The Labute approximate surface area is 148 Å². The zero-order valence-electron chi connectivity index (χ0n) is 12.9. The maximum atomic E-state index is 12.1. The van der Waals surface area contributed by atoms with Gasteiger partial charge in [-0.15, -0.1) is 10.2 Å². The van der Waals surface area contributed by atoms with E-state index in [9.17, 15) is 13.2 Å². The van der Waals surface area contributed by atoms with Crippen molar-refractivity contribution in [1.82, 2.24) is 15.5 Å². The van der Waals surface area contributed by atoms with Crippen LogP contribution in [0.4, 0.5) is 0 Å². The van der Waals surface area contributed by atoms with Gasteiger partial charge in [-0.1, -0.05) is 47.0 Å². The predicted molar refractivity (Wildman–Crippen MR) is 96.0 cm³/mol. The molecule has 0 spiro atoms. The van der Waals surface area contributed by atoms with E-state index in [2.05, 4.69) is 22.1 Å². The maximum absolute atomic E-state index is 12.1. The maximum Gasteiger partial charge on any atom is 0.233 e. The first-order chi connectivity index (χ1) is 10.7. The molecule has 1 saturated heterocycles. The summed E-state index contributed by atoms with van der Waals surface area (Å²) in [7, 11) is -2.99. The first-order valence-electron chi connectivity index (χ1n) is 7.03. The monoisotopic (exact) mass is 393 g/mol. The van der Waals surface area contributed by atoms with E-state index in [1.807, 2.05) is 6.92 Å². The Balaban J connectivity index is 1.82.